The van der Waals surface area contributed by atoms with Crippen LogP contribution in [0.3, 0.4) is 0 Å². The molecule has 8 nitrogen and oxygen atoms in total. The molecule has 0 spiro atoms. The van der Waals surface area contributed by atoms with Crippen molar-refractivity contribution < 1.29 is 14.3 Å². The van der Waals surface area contributed by atoms with Crippen molar-refractivity contribution in [1.82, 2.24) is 24.9 Å². The van der Waals surface area contributed by atoms with Crippen LogP contribution in [0, 0.1) is 0 Å². The van der Waals surface area contributed by atoms with Gasteiger partial charge in [-0.05, 0) is 31.2 Å². The van der Waals surface area contributed by atoms with E-state index in [1.54, 1.807) is 44.8 Å². The lowest BCUT2D eigenvalue weighted by Gasteiger charge is -2.17. The fraction of sp³-hybridized carbons (Fsp3) is 0.250. The Balaban J connectivity index is 1.83. The molecule has 0 aliphatic heterocycles. The van der Waals surface area contributed by atoms with Gasteiger partial charge in [-0.3, -0.25) is 4.79 Å². The Bertz CT molecular complexity index is 844. The number of nitrogens with one attached hydrogen (secondary N) is 1. The lowest BCUT2D eigenvalue weighted by atomic mass is 10.1. The number of nitrogens with zero attached hydrogens (tertiary/aromatic N) is 4. The molecular formula is C16H17N5O3. The van der Waals surface area contributed by atoms with Gasteiger partial charge in [0.05, 0.1) is 20.3 Å². The van der Waals surface area contributed by atoms with E-state index in [9.17, 15) is 4.79 Å². The van der Waals surface area contributed by atoms with E-state index in [0.717, 1.165) is 5.56 Å². The molecule has 0 saturated heterocycles. The summed E-state index contributed by atoms with van der Waals surface area (Å²) < 4.78 is 12.0. The Kier molecular flexibility index (Phi) is 4.28. The zero-order valence-electron chi connectivity index (χ0n) is 13.6. The van der Waals surface area contributed by atoms with Crippen LogP contribution < -0.4 is 14.8 Å². The van der Waals surface area contributed by atoms with Gasteiger partial charge >= 0.3 is 0 Å². The zero-order valence-corrected chi connectivity index (χ0v) is 13.6. The molecule has 0 aliphatic carbocycles. The molecule has 124 valence electrons. The predicted molar refractivity (Wildman–Crippen MR) is 86.2 cm³/mol. The number of rotatable bonds is 5. The number of hydrogen-bond acceptors (Lipinski definition) is 6. The van der Waals surface area contributed by atoms with E-state index in [1.165, 1.54) is 4.52 Å². The van der Waals surface area contributed by atoms with Crippen molar-refractivity contribution in [3.8, 4) is 11.5 Å². The fourth-order valence-electron chi connectivity index (χ4n) is 2.35. The molecule has 1 aromatic carbocycles. The zero-order chi connectivity index (χ0) is 17.1. The van der Waals surface area contributed by atoms with Crippen molar-refractivity contribution in [3.63, 3.8) is 0 Å². The van der Waals surface area contributed by atoms with Crippen LogP contribution in [-0.4, -0.2) is 39.7 Å². The number of fused-ring (bicyclic) bond motifs is 1. The Labute approximate surface area is 138 Å². The number of ether oxygens (including phenoxy) is 2. The van der Waals surface area contributed by atoms with Crippen molar-refractivity contribution in [2.24, 2.45) is 0 Å². The number of carbonyl (C=O) groups is 1. The molecule has 1 amide bonds. The molecule has 0 saturated carbocycles. The summed E-state index contributed by atoms with van der Waals surface area (Å²) in [6, 6.07) is 6.81. The van der Waals surface area contributed by atoms with E-state index in [0.29, 0.717) is 17.3 Å². The highest BCUT2D eigenvalue weighted by Crippen LogP contribution is 2.29. The standard InChI is InChI=1S/C16H17N5O3/c1-10(12-9-11(23-2)5-6-13(12)24-3)18-15(22)14-19-16-17-7-4-8-21(16)20-14/h4-10H,1-3H3,(H,18,22)/t10-/m1/s1. The topological polar surface area (TPSA) is 90.6 Å². The smallest absolute Gasteiger partial charge is 0.291 e. The van der Waals surface area contributed by atoms with Crippen LogP contribution in [0.4, 0.5) is 0 Å². The number of hydrogen-bond donors (Lipinski definition) is 1. The lowest BCUT2D eigenvalue weighted by Crippen LogP contribution is -2.28. The largest absolute Gasteiger partial charge is 0.497 e. The van der Waals surface area contributed by atoms with E-state index in [2.05, 4.69) is 20.4 Å². The SMILES string of the molecule is COc1ccc(OC)c([C@@H](C)NC(=O)c2nc3ncccn3n2)c1. The minimum Gasteiger partial charge on any atom is -0.497 e. The maximum absolute atomic E-state index is 12.4. The first-order valence-corrected chi connectivity index (χ1v) is 7.32. The summed E-state index contributed by atoms with van der Waals surface area (Å²) >= 11 is 0. The summed E-state index contributed by atoms with van der Waals surface area (Å²) in [5.74, 6) is 1.38. The number of aromatic nitrogens is 4. The summed E-state index contributed by atoms with van der Waals surface area (Å²) in [4.78, 5) is 20.6. The van der Waals surface area contributed by atoms with Gasteiger partial charge in [0, 0.05) is 18.0 Å². The molecule has 0 unspecified atom stereocenters. The summed E-state index contributed by atoms with van der Waals surface area (Å²) in [5.41, 5.74) is 0.798. The van der Waals surface area contributed by atoms with Crippen LogP contribution >= 0.6 is 0 Å². The normalized spacial score (nSPS) is 12.0. The molecule has 2 heterocycles. The van der Waals surface area contributed by atoms with E-state index in [4.69, 9.17) is 9.47 Å². The maximum atomic E-state index is 12.4. The predicted octanol–water partition coefficient (Wildman–Crippen LogP) is 1.63. The molecule has 3 aromatic rings. The van der Waals surface area contributed by atoms with Crippen molar-refractivity contribution in [2.45, 2.75) is 13.0 Å². The molecular weight excluding hydrogens is 310 g/mol. The van der Waals surface area contributed by atoms with Crippen LogP contribution in [0.5, 0.6) is 11.5 Å². The molecule has 1 atom stereocenters. The quantitative estimate of drug-likeness (QED) is 0.766. The Morgan fingerprint density at radius 2 is 2.12 bits per heavy atom. The molecule has 1 N–H and O–H groups in total. The highest BCUT2D eigenvalue weighted by atomic mass is 16.5. The summed E-state index contributed by atoms with van der Waals surface area (Å²) in [7, 11) is 3.16. The van der Waals surface area contributed by atoms with Crippen LogP contribution in [0.1, 0.15) is 29.1 Å². The summed E-state index contributed by atoms with van der Waals surface area (Å²) in [6.07, 6.45) is 3.27. The molecule has 0 radical (unpaired) electrons. The van der Waals surface area contributed by atoms with E-state index < -0.39 is 5.91 Å². The molecule has 0 fully saturated rings. The van der Waals surface area contributed by atoms with E-state index in [1.807, 2.05) is 13.0 Å². The van der Waals surface area contributed by atoms with Gasteiger partial charge in [-0.1, -0.05) is 0 Å². The van der Waals surface area contributed by atoms with Crippen LogP contribution in [0.2, 0.25) is 0 Å². The fourth-order valence-corrected chi connectivity index (χ4v) is 2.35. The van der Waals surface area contributed by atoms with Gasteiger partial charge in [-0.15, -0.1) is 5.10 Å². The second-order valence-corrected chi connectivity index (χ2v) is 5.10. The molecule has 0 aliphatic rings. The molecule has 3 rings (SSSR count). The monoisotopic (exact) mass is 327 g/mol. The van der Waals surface area contributed by atoms with Crippen molar-refractivity contribution in [1.29, 1.82) is 0 Å². The third kappa shape index (κ3) is 2.98. The van der Waals surface area contributed by atoms with Gasteiger partial charge in [-0.2, -0.15) is 4.98 Å². The van der Waals surface area contributed by atoms with E-state index >= 15 is 0 Å². The maximum Gasteiger partial charge on any atom is 0.291 e. The number of carbonyl (C=O) groups excluding carboxylic acids is 1. The third-order valence-electron chi connectivity index (χ3n) is 3.57. The highest BCUT2D eigenvalue weighted by Gasteiger charge is 2.19. The van der Waals surface area contributed by atoms with Gasteiger partial charge < -0.3 is 14.8 Å². The number of methoxy groups -OCH3 is 2. The average molecular weight is 327 g/mol. The van der Waals surface area contributed by atoms with Crippen LogP contribution in [0.25, 0.3) is 5.78 Å². The van der Waals surface area contributed by atoms with Gasteiger partial charge in [0.1, 0.15) is 11.5 Å². The molecule has 2 aromatic heterocycles. The first kappa shape index (κ1) is 15.7. The highest BCUT2D eigenvalue weighted by molar-refractivity contribution is 5.91. The van der Waals surface area contributed by atoms with Gasteiger partial charge in [0.15, 0.2) is 0 Å². The Morgan fingerprint density at radius 3 is 2.83 bits per heavy atom. The van der Waals surface area contributed by atoms with Gasteiger partial charge in [0.25, 0.3) is 11.7 Å². The molecule has 8 heteroatoms. The first-order chi connectivity index (χ1) is 11.6. The van der Waals surface area contributed by atoms with Crippen molar-refractivity contribution >= 4 is 11.7 Å². The minimum absolute atomic E-state index is 0.0578. The molecule has 24 heavy (non-hydrogen) atoms. The average Bonchev–Trinajstić information content (AvgIpc) is 3.05. The second-order valence-electron chi connectivity index (χ2n) is 5.10. The third-order valence-corrected chi connectivity index (χ3v) is 3.57. The Morgan fingerprint density at radius 1 is 1.29 bits per heavy atom. The summed E-state index contributed by atoms with van der Waals surface area (Å²) in [5, 5.41) is 6.97. The summed E-state index contributed by atoms with van der Waals surface area (Å²) in [6.45, 7) is 1.85. The molecule has 0 bridgehead atoms. The van der Waals surface area contributed by atoms with Gasteiger partial charge in [-0.25, -0.2) is 9.50 Å². The van der Waals surface area contributed by atoms with Crippen molar-refractivity contribution in [3.05, 3.63) is 48.0 Å². The Hall–Kier alpha value is -3.16. The lowest BCUT2D eigenvalue weighted by molar-refractivity contribution is 0.0929. The second kappa shape index (κ2) is 6.53. The van der Waals surface area contributed by atoms with Crippen LogP contribution in [0.15, 0.2) is 36.7 Å². The number of benzene rings is 1. The first-order valence-electron chi connectivity index (χ1n) is 7.32. The van der Waals surface area contributed by atoms with Crippen molar-refractivity contribution in [2.75, 3.05) is 14.2 Å². The van der Waals surface area contributed by atoms with Crippen LogP contribution in [-0.2, 0) is 0 Å². The van der Waals surface area contributed by atoms with Gasteiger partial charge in [0.2, 0.25) is 5.82 Å². The minimum atomic E-state index is -0.391. The number of amides is 1. The van der Waals surface area contributed by atoms with E-state index in [-0.39, 0.29) is 11.9 Å².